The molecule has 6 heteroatoms. The van der Waals surface area contributed by atoms with Crippen molar-refractivity contribution in [2.75, 3.05) is 14.2 Å². The fraction of sp³-hybridized carbons (Fsp3) is 0.474. The van der Waals surface area contributed by atoms with Crippen molar-refractivity contribution in [3.8, 4) is 11.5 Å². The molecule has 1 unspecified atom stereocenters. The Kier molecular flexibility index (Phi) is 6.07. The number of benzene rings is 1. The Labute approximate surface area is 147 Å². The third kappa shape index (κ3) is 3.78. The fourth-order valence-corrected chi connectivity index (χ4v) is 2.94. The molecule has 0 saturated heterocycles. The Bertz CT molecular complexity index is 826. The van der Waals surface area contributed by atoms with Crippen LogP contribution in [-0.4, -0.2) is 30.7 Å². The number of rotatable bonds is 7. The van der Waals surface area contributed by atoms with Crippen LogP contribution in [0.3, 0.4) is 0 Å². The second kappa shape index (κ2) is 8.05. The Balaban J connectivity index is 2.67. The normalized spacial score (nSPS) is 12.0. The Hall–Kier alpha value is -2.50. The summed E-state index contributed by atoms with van der Waals surface area (Å²) in [6, 6.07) is 3.39. The minimum atomic E-state index is -0.194. The van der Waals surface area contributed by atoms with E-state index in [4.69, 9.17) is 9.47 Å². The van der Waals surface area contributed by atoms with Crippen molar-refractivity contribution < 1.29 is 14.3 Å². The predicted octanol–water partition coefficient (Wildman–Crippen LogP) is 2.96. The van der Waals surface area contributed by atoms with E-state index in [9.17, 15) is 9.59 Å². The highest BCUT2D eigenvalue weighted by atomic mass is 16.5. The van der Waals surface area contributed by atoms with E-state index >= 15 is 0 Å². The number of amides is 1. The number of carbonyl (C=O) groups excluding carboxylic acids is 1. The molecule has 2 rings (SSSR count). The smallest absolute Gasteiger partial charge is 0.258 e. The van der Waals surface area contributed by atoms with Gasteiger partial charge in [-0.25, -0.2) is 0 Å². The van der Waals surface area contributed by atoms with Crippen LogP contribution in [0, 0.1) is 0 Å². The monoisotopic (exact) mass is 346 g/mol. The maximum Gasteiger partial charge on any atom is 0.258 e. The first-order valence-corrected chi connectivity index (χ1v) is 8.56. The van der Waals surface area contributed by atoms with E-state index < -0.39 is 0 Å². The number of hydrogen-bond acceptors (Lipinski definition) is 4. The molecular formula is C19H26N2O4. The van der Waals surface area contributed by atoms with E-state index in [0.717, 1.165) is 12.8 Å². The standard InChI is InChI=1S/C19H26N2O4/c1-6-8-12(3)20-18(22)15-11-21(7-2)19(23)14-10-17(25-5)16(24-4)9-13(14)15/h9-12H,6-8H2,1-5H3,(H,20,22). The zero-order chi connectivity index (χ0) is 18.6. The minimum Gasteiger partial charge on any atom is -0.493 e. The highest BCUT2D eigenvalue weighted by Gasteiger charge is 2.19. The highest BCUT2D eigenvalue weighted by Crippen LogP contribution is 2.32. The topological polar surface area (TPSA) is 69.6 Å². The number of methoxy groups -OCH3 is 2. The number of nitrogens with zero attached hydrogens (tertiary/aromatic N) is 1. The molecular weight excluding hydrogens is 320 g/mol. The van der Waals surface area contributed by atoms with Gasteiger partial charge in [0.15, 0.2) is 11.5 Å². The van der Waals surface area contributed by atoms with Gasteiger partial charge in [0.05, 0.1) is 25.2 Å². The van der Waals surface area contributed by atoms with Gasteiger partial charge < -0.3 is 19.4 Å². The molecule has 1 aromatic carbocycles. The molecule has 0 aliphatic heterocycles. The second-order valence-corrected chi connectivity index (χ2v) is 6.05. The summed E-state index contributed by atoms with van der Waals surface area (Å²) in [6.07, 6.45) is 3.50. The molecule has 0 spiro atoms. The van der Waals surface area contributed by atoms with Crippen molar-refractivity contribution in [3.63, 3.8) is 0 Å². The lowest BCUT2D eigenvalue weighted by Crippen LogP contribution is -2.33. The van der Waals surface area contributed by atoms with Gasteiger partial charge in [-0.1, -0.05) is 13.3 Å². The van der Waals surface area contributed by atoms with Gasteiger partial charge in [-0.05, 0) is 32.4 Å². The Morgan fingerprint density at radius 1 is 1.16 bits per heavy atom. The van der Waals surface area contributed by atoms with Gasteiger partial charge in [-0.15, -0.1) is 0 Å². The van der Waals surface area contributed by atoms with Gasteiger partial charge >= 0.3 is 0 Å². The van der Waals surface area contributed by atoms with Crippen LogP contribution in [0.25, 0.3) is 10.8 Å². The lowest BCUT2D eigenvalue weighted by Gasteiger charge is -2.16. The molecule has 1 aromatic heterocycles. The highest BCUT2D eigenvalue weighted by molar-refractivity contribution is 6.07. The quantitative estimate of drug-likeness (QED) is 0.837. The van der Waals surface area contributed by atoms with Crippen molar-refractivity contribution in [2.45, 2.75) is 46.2 Å². The van der Waals surface area contributed by atoms with Gasteiger partial charge in [0, 0.05) is 24.2 Å². The Morgan fingerprint density at radius 3 is 2.28 bits per heavy atom. The second-order valence-electron chi connectivity index (χ2n) is 6.05. The van der Waals surface area contributed by atoms with E-state index in [-0.39, 0.29) is 17.5 Å². The zero-order valence-electron chi connectivity index (χ0n) is 15.5. The molecule has 0 fully saturated rings. The number of pyridine rings is 1. The van der Waals surface area contributed by atoms with Crippen molar-refractivity contribution in [1.82, 2.24) is 9.88 Å². The van der Waals surface area contributed by atoms with Crippen LogP contribution in [0.4, 0.5) is 0 Å². The summed E-state index contributed by atoms with van der Waals surface area (Å²) < 4.78 is 12.2. The maximum atomic E-state index is 12.8. The van der Waals surface area contributed by atoms with Crippen molar-refractivity contribution in [3.05, 3.63) is 34.2 Å². The fourth-order valence-electron chi connectivity index (χ4n) is 2.94. The molecule has 0 aliphatic rings. The van der Waals surface area contributed by atoms with E-state index in [0.29, 0.717) is 34.4 Å². The van der Waals surface area contributed by atoms with Crippen molar-refractivity contribution in [1.29, 1.82) is 0 Å². The van der Waals surface area contributed by atoms with E-state index in [1.54, 1.807) is 18.3 Å². The SMILES string of the molecule is CCCC(C)NC(=O)c1cn(CC)c(=O)c2cc(OC)c(OC)cc12. The van der Waals surface area contributed by atoms with Gasteiger partial charge in [-0.2, -0.15) is 0 Å². The van der Waals surface area contributed by atoms with Crippen LogP contribution in [0.5, 0.6) is 11.5 Å². The number of hydrogen-bond donors (Lipinski definition) is 1. The average Bonchev–Trinajstić information content (AvgIpc) is 2.61. The van der Waals surface area contributed by atoms with Crippen LogP contribution in [-0.2, 0) is 6.54 Å². The van der Waals surface area contributed by atoms with Crippen LogP contribution in [0.15, 0.2) is 23.1 Å². The molecule has 1 atom stereocenters. The van der Waals surface area contributed by atoms with Crippen molar-refractivity contribution in [2.24, 2.45) is 0 Å². The number of ether oxygens (including phenoxy) is 2. The number of aromatic nitrogens is 1. The first kappa shape index (κ1) is 18.8. The third-order valence-corrected chi connectivity index (χ3v) is 4.27. The van der Waals surface area contributed by atoms with Gasteiger partial charge in [0.2, 0.25) is 0 Å². The summed E-state index contributed by atoms with van der Waals surface area (Å²) in [5.41, 5.74) is 0.303. The van der Waals surface area contributed by atoms with E-state index in [1.165, 1.54) is 18.8 Å². The number of aryl methyl sites for hydroxylation is 1. The van der Waals surface area contributed by atoms with Crippen LogP contribution in [0.1, 0.15) is 44.0 Å². The molecule has 25 heavy (non-hydrogen) atoms. The third-order valence-electron chi connectivity index (χ3n) is 4.27. The molecule has 6 nitrogen and oxygen atoms in total. The van der Waals surface area contributed by atoms with Gasteiger partial charge in [-0.3, -0.25) is 9.59 Å². The van der Waals surface area contributed by atoms with Crippen LogP contribution in [0.2, 0.25) is 0 Å². The summed E-state index contributed by atoms with van der Waals surface area (Å²) in [7, 11) is 3.05. The molecule has 1 heterocycles. The van der Waals surface area contributed by atoms with Gasteiger partial charge in [0.25, 0.3) is 11.5 Å². The first-order valence-electron chi connectivity index (χ1n) is 8.56. The first-order chi connectivity index (χ1) is 12.0. The molecule has 1 amide bonds. The van der Waals surface area contributed by atoms with E-state index in [1.807, 2.05) is 13.8 Å². The summed E-state index contributed by atoms with van der Waals surface area (Å²) in [5, 5.41) is 4.00. The Morgan fingerprint density at radius 2 is 1.76 bits per heavy atom. The number of carbonyl (C=O) groups is 1. The maximum absolute atomic E-state index is 12.8. The molecule has 0 aliphatic carbocycles. The lowest BCUT2D eigenvalue weighted by molar-refractivity contribution is 0.0939. The van der Waals surface area contributed by atoms with Crippen molar-refractivity contribution >= 4 is 16.7 Å². The number of fused-ring (bicyclic) bond motifs is 1. The lowest BCUT2D eigenvalue weighted by atomic mass is 10.0. The molecule has 0 saturated carbocycles. The molecule has 1 N–H and O–H groups in total. The van der Waals surface area contributed by atoms with Crippen LogP contribution >= 0.6 is 0 Å². The number of nitrogens with one attached hydrogen (secondary N) is 1. The molecule has 0 radical (unpaired) electrons. The predicted molar refractivity (Wildman–Crippen MR) is 98.8 cm³/mol. The average molecular weight is 346 g/mol. The minimum absolute atomic E-state index is 0.0645. The van der Waals surface area contributed by atoms with E-state index in [2.05, 4.69) is 12.2 Å². The molecule has 0 bridgehead atoms. The van der Waals surface area contributed by atoms with Gasteiger partial charge in [0.1, 0.15) is 0 Å². The largest absolute Gasteiger partial charge is 0.493 e. The summed E-state index contributed by atoms with van der Waals surface area (Å²) in [5.74, 6) is 0.756. The zero-order valence-corrected chi connectivity index (χ0v) is 15.5. The summed E-state index contributed by atoms with van der Waals surface area (Å²) in [6.45, 7) is 6.40. The summed E-state index contributed by atoms with van der Waals surface area (Å²) >= 11 is 0. The molecule has 136 valence electrons. The summed E-state index contributed by atoms with van der Waals surface area (Å²) in [4.78, 5) is 25.4. The van der Waals surface area contributed by atoms with Crippen LogP contribution < -0.4 is 20.3 Å². The molecule has 2 aromatic rings.